The first-order chi connectivity index (χ1) is 16.4. The summed E-state index contributed by atoms with van der Waals surface area (Å²) >= 11 is 1.62. The van der Waals surface area contributed by atoms with Crippen LogP contribution >= 0.6 is 11.8 Å². The molecule has 34 heavy (non-hydrogen) atoms. The molecular weight excluding hydrogens is 448 g/mol. The Morgan fingerprint density at radius 3 is 2.41 bits per heavy atom. The van der Waals surface area contributed by atoms with Gasteiger partial charge in [0.05, 0.1) is 19.9 Å². The Bertz CT molecular complexity index is 1210. The third-order valence-electron chi connectivity index (χ3n) is 5.67. The van der Waals surface area contributed by atoms with Gasteiger partial charge in [-0.2, -0.15) is 0 Å². The van der Waals surface area contributed by atoms with Gasteiger partial charge in [-0.3, -0.25) is 9.59 Å². The number of nitrogens with one attached hydrogen (secondary N) is 1. The van der Waals surface area contributed by atoms with E-state index in [9.17, 15) is 9.59 Å². The monoisotopic (exact) mass is 476 g/mol. The molecule has 0 saturated carbocycles. The van der Waals surface area contributed by atoms with Crippen LogP contribution in [0.25, 0.3) is 0 Å². The molecule has 0 aliphatic carbocycles. The minimum atomic E-state index is -0.234. The van der Waals surface area contributed by atoms with Crippen molar-refractivity contribution in [3.63, 3.8) is 0 Å². The van der Waals surface area contributed by atoms with Crippen LogP contribution in [0.2, 0.25) is 0 Å². The number of anilines is 2. The van der Waals surface area contributed by atoms with Crippen molar-refractivity contribution in [2.45, 2.75) is 30.4 Å². The Labute approximate surface area is 204 Å². The first-order valence-electron chi connectivity index (χ1n) is 11.0. The second-order valence-electron chi connectivity index (χ2n) is 8.30. The largest absolute Gasteiger partial charge is 0.493 e. The molecule has 4 rings (SSSR count). The number of nitrogens with zero attached hydrogens (tertiary/aromatic N) is 1. The van der Waals surface area contributed by atoms with Gasteiger partial charge < -0.3 is 19.7 Å². The van der Waals surface area contributed by atoms with Gasteiger partial charge in [-0.1, -0.05) is 24.3 Å². The smallest absolute Gasteiger partial charge is 0.244 e. The molecule has 0 fully saturated rings. The lowest BCUT2D eigenvalue weighted by Gasteiger charge is -2.22. The van der Waals surface area contributed by atoms with Gasteiger partial charge in [-0.25, -0.2) is 0 Å². The van der Waals surface area contributed by atoms with Gasteiger partial charge in [0.15, 0.2) is 11.5 Å². The van der Waals surface area contributed by atoms with Crippen molar-refractivity contribution in [1.82, 2.24) is 0 Å². The number of amides is 2. The Morgan fingerprint density at radius 1 is 1.00 bits per heavy atom. The van der Waals surface area contributed by atoms with Crippen LogP contribution in [-0.2, 0) is 9.59 Å². The highest BCUT2D eigenvalue weighted by Crippen LogP contribution is 2.46. The highest BCUT2D eigenvalue weighted by Gasteiger charge is 2.31. The van der Waals surface area contributed by atoms with Crippen LogP contribution in [0, 0.1) is 13.8 Å². The average Bonchev–Trinajstić information content (AvgIpc) is 2.94. The van der Waals surface area contributed by atoms with E-state index in [-0.39, 0.29) is 30.0 Å². The van der Waals surface area contributed by atoms with Crippen LogP contribution in [0.3, 0.4) is 0 Å². The van der Waals surface area contributed by atoms with Crippen LogP contribution in [0.5, 0.6) is 11.5 Å². The zero-order chi connectivity index (χ0) is 24.2. The predicted molar refractivity (Wildman–Crippen MR) is 136 cm³/mol. The number of aryl methyl sites for hydroxylation is 2. The summed E-state index contributed by atoms with van der Waals surface area (Å²) in [5.74, 6) is 0.923. The first kappa shape index (κ1) is 23.7. The summed E-state index contributed by atoms with van der Waals surface area (Å²) in [4.78, 5) is 28.9. The third-order valence-corrected chi connectivity index (χ3v) is 7.00. The molecule has 2 amide bonds. The molecule has 0 spiro atoms. The van der Waals surface area contributed by atoms with Crippen molar-refractivity contribution in [2.24, 2.45) is 0 Å². The van der Waals surface area contributed by atoms with Gasteiger partial charge in [0, 0.05) is 22.3 Å². The fourth-order valence-corrected chi connectivity index (χ4v) is 5.45. The number of fused-ring (bicyclic) bond motifs is 1. The predicted octanol–water partition coefficient (Wildman–Crippen LogP) is 5.53. The Hall–Kier alpha value is -3.45. The molecule has 1 aliphatic heterocycles. The molecule has 1 heterocycles. The summed E-state index contributed by atoms with van der Waals surface area (Å²) in [6, 6.07) is 19.3. The number of carbonyl (C=O) groups is 2. The molecule has 1 atom stereocenters. The van der Waals surface area contributed by atoms with E-state index in [1.807, 2.05) is 68.4 Å². The molecule has 3 aromatic carbocycles. The molecule has 7 heteroatoms. The standard InChI is InChI=1S/C27H28N2O4S/c1-17-11-18(2)13-20(12-17)28-26(30)16-29-21-7-5-6-8-24(21)34-25(15-27(29)31)19-9-10-22(32-3)23(14-19)33-4/h5-14,25H,15-16H2,1-4H3,(H,28,30)/t25-/m0/s1. The average molecular weight is 477 g/mol. The quantitative estimate of drug-likeness (QED) is 0.507. The SMILES string of the molecule is COc1ccc([C@@H]2CC(=O)N(CC(=O)Nc3cc(C)cc(C)c3)c3ccccc3S2)cc1OC. The molecular formula is C27H28N2O4S. The molecule has 0 unspecified atom stereocenters. The van der Waals surface area contributed by atoms with Gasteiger partial charge in [0.25, 0.3) is 0 Å². The molecule has 0 bridgehead atoms. The van der Waals surface area contributed by atoms with Crippen molar-refractivity contribution in [2.75, 3.05) is 31.0 Å². The highest BCUT2D eigenvalue weighted by atomic mass is 32.2. The number of carbonyl (C=O) groups excluding carboxylic acids is 2. The van der Waals surface area contributed by atoms with Crippen molar-refractivity contribution >= 4 is 35.0 Å². The van der Waals surface area contributed by atoms with E-state index in [4.69, 9.17) is 9.47 Å². The number of ether oxygens (including phenoxy) is 2. The molecule has 3 aromatic rings. The van der Waals surface area contributed by atoms with Gasteiger partial charge >= 0.3 is 0 Å². The molecule has 176 valence electrons. The van der Waals surface area contributed by atoms with E-state index < -0.39 is 0 Å². The topological polar surface area (TPSA) is 67.9 Å². The lowest BCUT2D eigenvalue weighted by Crippen LogP contribution is -2.38. The fourth-order valence-electron chi connectivity index (χ4n) is 4.18. The second-order valence-corrected chi connectivity index (χ2v) is 9.54. The van der Waals surface area contributed by atoms with Gasteiger partial charge in [-0.05, 0) is 66.9 Å². The number of benzene rings is 3. The first-order valence-corrected chi connectivity index (χ1v) is 11.9. The zero-order valence-corrected chi connectivity index (χ0v) is 20.6. The van der Waals surface area contributed by atoms with E-state index >= 15 is 0 Å². The van der Waals surface area contributed by atoms with Gasteiger partial charge in [-0.15, -0.1) is 11.8 Å². The summed E-state index contributed by atoms with van der Waals surface area (Å²) < 4.78 is 10.8. The van der Waals surface area contributed by atoms with Crippen molar-refractivity contribution in [3.05, 3.63) is 77.4 Å². The number of rotatable bonds is 6. The highest BCUT2D eigenvalue weighted by molar-refractivity contribution is 7.99. The van der Waals surface area contributed by atoms with Crippen LogP contribution in [0.4, 0.5) is 11.4 Å². The van der Waals surface area contributed by atoms with Crippen molar-refractivity contribution < 1.29 is 19.1 Å². The van der Waals surface area contributed by atoms with E-state index in [1.54, 1.807) is 30.9 Å². The summed E-state index contributed by atoms with van der Waals surface area (Å²) in [7, 11) is 3.19. The van der Waals surface area contributed by atoms with Crippen LogP contribution in [0.15, 0.2) is 65.6 Å². The molecule has 0 aromatic heterocycles. The summed E-state index contributed by atoms with van der Waals surface area (Å²) in [5.41, 5.74) is 4.58. The maximum Gasteiger partial charge on any atom is 0.244 e. The maximum absolute atomic E-state index is 13.4. The van der Waals surface area contributed by atoms with Crippen LogP contribution in [0.1, 0.15) is 28.4 Å². The normalized spacial score (nSPS) is 15.4. The van der Waals surface area contributed by atoms with Crippen LogP contribution in [-0.4, -0.2) is 32.6 Å². The minimum Gasteiger partial charge on any atom is -0.493 e. The Balaban J connectivity index is 1.60. The number of hydrogen-bond acceptors (Lipinski definition) is 5. The third kappa shape index (κ3) is 5.20. The lowest BCUT2D eigenvalue weighted by atomic mass is 10.1. The molecule has 1 N–H and O–H groups in total. The number of para-hydroxylation sites is 1. The molecule has 0 saturated heterocycles. The van der Waals surface area contributed by atoms with E-state index in [0.29, 0.717) is 11.5 Å². The summed E-state index contributed by atoms with van der Waals surface area (Å²) in [6.45, 7) is 3.92. The van der Waals surface area contributed by atoms with E-state index in [1.165, 1.54) is 0 Å². The number of methoxy groups -OCH3 is 2. The lowest BCUT2D eigenvalue weighted by molar-refractivity contribution is -0.121. The van der Waals surface area contributed by atoms with E-state index in [2.05, 4.69) is 11.4 Å². The second kappa shape index (κ2) is 10.2. The molecule has 1 aliphatic rings. The maximum atomic E-state index is 13.4. The Morgan fingerprint density at radius 2 is 1.71 bits per heavy atom. The van der Waals surface area contributed by atoms with Crippen molar-refractivity contribution in [1.29, 1.82) is 0 Å². The number of hydrogen-bond donors (Lipinski definition) is 1. The summed E-state index contributed by atoms with van der Waals surface area (Å²) in [6.07, 6.45) is 0.256. The van der Waals surface area contributed by atoms with Gasteiger partial charge in [0.1, 0.15) is 6.54 Å². The Kier molecular flexibility index (Phi) is 7.12. The van der Waals surface area contributed by atoms with E-state index in [0.717, 1.165) is 33.0 Å². The zero-order valence-electron chi connectivity index (χ0n) is 19.8. The summed E-state index contributed by atoms with van der Waals surface area (Å²) in [5, 5.41) is 2.82. The molecule has 0 radical (unpaired) electrons. The fraction of sp³-hybridized carbons (Fsp3) is 0.259. The van der Waals surface area contributed by atoms with Crippen LogP contribution < -0.4 is 19.7 Å². The van der Waals surface area contributed by atoms with Crippen molar-refractivity contribution in [3.8, 4) is 11.5 Å². The number of thioether (sulfide) groups is 1. The minimum absolute atomic E-state index is 0.0535. The van der Waals surface area contributed by atoms with Gasteiger partial charge in [0.2, 0.25) is 11.8 Å². The molecule has 6 nitrogen and oxygen atoms in total.